The fraction of sp³-hybridized carbons (Fsp3) is 0.0667. The third-order valence-corrected chi connectivity index (χ3v) is 2.98. The Bertz CT molecular complexity index is 746. The van der Waals surface area contributed by atoms with E-state index in [0.717, 1.165) is 18.2 Å². The molecular weight excluding hydrogens is 318 g/mol. The fourth-order valence-electron chi connectivity index (χ4n) is 1.68. The van der Waals surface area contributed by atoms with Crippen LogP contribution in [0, 0.1) is 11.6 Å². The highest BCUT2D eigenvalue weighted by atomic mass is 35.5. The molecule has 4 nitrogen and oxygen atoms in total. The first kappa shape index (κ1) is 15.9. The maximum Gasteiger partial charge on any atom is 0.342 e. The number of hydrogen-bond acceptors (Lipinski definition) is 4. The van der Waals surface area contributed by atoms with Gasteiger partial charge in [0.1, 0.15) is 22.9 Å². The van der Waals surface area contributed by atoms with Crippen LogP contribution in [0.2, 0.25) is 5.02 Å². The molecule has 0 unspecified atom stereocenters. The minimum absolute atomic E-state index is 0.197. The Balaban J connectivity index is 2.07. The van der Waals surface area contributed by atoms with Gasteiger partial charge in [0, 0.05) is 5.02 Å². The summed E-state index contributed by atoms with van der Waals surface area (Å²) < 4.78 is 31.1. The van der Waals surface area contributed by atoms with Crippen LogP contribution in [0.15, 0.2) is 36.4 Å². The number of hydrogen-bond donors (Lipinski definition) is 1. The van der Waals surface area contributed by atoms with Gasteiger partial charge in [-0.25, -0.2) is 13.6 Å². The molecule has 0 aliphatic carbocycles. The molecule has 114 valence electrons. The zero-order valence-electron chi connectivity index (χ0n) is 11.0. The number of rotatable bonds is 4. The Morgan fingerprint density at radius 3 is 2.50 bits per heavy atom. The normalized spacial score (nSPS) is 10.3. The number of benzene rings is 2. The number of Topliss-reactive ketones (excluding diaryl/α,β-unsaturated/α-hetero) is 1. The van der Waals surface area contributed by atoms with Gasteiger partial charge in [-0.05, 0) is 36.4 Å². The van der Waals surface area contributed by atoms with Crippen molar-refractivity contribution >= 4 is 23.4 Å². The zero-order chi connectivity index (χ0) is 16.3. The minimum Gasteiger partial charge on any atom is -0.507 e. The Labute approximate surface area is 128 Å². The standard InChI is InChI=1S/C15H9ClF2O4/c16-8-1-3-10(13(19)5-8)15(21)22-7-14(20)11-6-9(17)2-4-12(11)18/h1-6,19H,7H2. The lowest BCUT2D eigenvalue weighted by Crippen LogP contribution is -2.15. The number of carbonyl (C=O) groups is 2. The number of aromatic hydroxyl groups is 1. The van der Waals surface area contributed by atoms with Gasteiger partial charge in [-0.1, -0.05) is 11.6 Å². The van der Waals surface area contributed by atoms with Gasteiger partial charge in [0.25, 0.3) is 0 Å². The lowest BCUT2D eigenvalue weighted by Gasteiger charge is -2.07. The molecule has 0 saturated heterocycles. The first-order valence-electron chi connectivity index (χ1n) is 6.02. The molecular formula is C15H9ClF2O4. The van der Waals surface area contributed by atoms with E-state index in [0.29, 0.717) is 6.07 Å². The lowest BCUT2D eigenvalue weighted by atomic mass is 10.1. The van der Waals surface area contributed by atoms with Crippen LogP contribution in [0.5, 0.6) is 5.75 Å². The lowest BCUT2D eigenvalue weighted by molar-refractivity contribution is 0.0470. The van der Waals surface area contributed by atoms with Gasteiger partial charge in [-0.15, -0.1) is 0 Å². The number of halogens is 3. The maximum atomic E-state index is 13.4. The summed E-state index contributed by atoms with van der Waals surface area (Å²) in [5, 5.41) is 9.76. The SMILES string of the molecule is O=C(OCC(=O)c1cc(F)ccc1F)c1ccc(Cl)cc1O. The predicted octanol–water partition coefficient (Wildman–Crippen LogP) is 3.36. The van der Waals surface area contributed by atoms with Gasteiger partial charge in [0.05, 0.1) is 5.56 Å². The van der Waals surface area contributed by atoms with Crippen LogP contribution in [0.25, 0.3) is 0 Å². The van der Waals surface area contributed by atoms with Crippen LogP contribution in [-0.4, -0.2) is 23.5 Å². The van der Waals surface area contributed by atoms with Crippen LogP contribution in [0.3, 0.4) is 0 Å². The zero-order valence-corrected chi connectivity index (χ0v) is 11.7. The largest absolute Gasteiger partial charge is 0.507 e. The van der Waals surface area contributed by atoms with Crippen LogP contribution >= 0.6 is 11.6 Å². The summed E-state index contributed by atoms with van der Waals surface area (Å²) in [6, 6.07) is 6.08. The second-order valence-corrected chi connectivity index (χ2v) is 4.72. The van der Waals surface area contributed by atoms with Gasteiger partial charge in [-0.2, -0.15) is 0 Å². The van der Waals surface area contributed by atoms with Crippen molar-refractivity contribution in [1.82, 2.24) is 0 Å². The second-order valence-electron chi connectivity index (χ2n) is 4.28. The Kier molecular flexibility index (Phi) is 4.72. The predicted molar refractivity (Wildman–Crippen MR) is 74.1 cm³/mol. The molecule has 1 N–H and O–H groups in total. The monoisotopic (exact) mass is 326 g/mol. The summed E-state index contributed by atoms with van der Waals surface area (Å²) in [5.41, 5.74) is -0.718. The third-order valence-electron chi connectivity index (χ3n) is 2.74. The topological polar surface area (TPSA) is 63.6 Å². The molecule has 0 fully saturated rings. The van der Waals surface area contributed by atoms with Crippen LogP contribution in [0.4, 0.5) is 8.78 Å². The molecule has 0 amide bonds. The Morgan fingerprint density at radius 2 is 1.82 bits per heavy atom. The van der Waals surface area contributed by atoms with Crippen molar-refractivity contribution in [3.05, 3.63) is 64.2 Å². The van der Waals surface area contributed by atoms with Gasteiger partial charge in [0.15, 0.2) is 6.61 Å². The highest BCUT2D eigenvalue weighted by molar-refractivity contribution is 6.30. The quantitative estimate of drug-likeness (QED) is 0.691. The number of carbonyl (C=O) groups excluding carboxylic acids is 2. The molecule has 0 radical (unpaired) electrons. The van der Waals surface area contributed by atoms with E-state index in [9.17, 15) is 23.5 Å². The van der Waals surface area contributed by atoms with Crippen LogP contribution < -0.4 is 0 Å². The molecule has 7 heteroatoms. The van der Waals surface area contributed by atoms with Crippen molar-refractivity contribution in [3.8, 4) is 5.75 Å². The first-order valence-corrected chi connectivity index (χ1v) is 6.40. The number of phenols is 1. The van der Waals surface area contributed by atoms with E-state index in [2.05, 4.69) is 4.74 Å². The summed E-state index contributed by atoms with van der Waals surface area (Å²) >= 11 is 5.62. The van der Waals surface area contributed by atoms with Crippen molar-refractivity contribution in [2.24, 2.45) is 0 Å². The molecule has 2 aromatic carbocycles. The number of ketones is 1. The number of phenolic OH excluding ortho intramolecular Hbond substituents is 1. The van der Waals surface area contributed by atoms with Crippen molar-refractivity contribution in [2.45, 2.75) is 0 Å². The van der Waals surface area contributed by atoms with E-state index >= 15 is 0 Å². The van der Waals surface area contributed by atoms with E-state index in [1.165, 1.54) is 12.1 Å². The smallest absolute Gasteiger partial charge is 0.342 e. The van der Waals surface area contributed by atoms with Crippen LogP contribution in [-0.2, 0) is 4.74 Å². The molecule has 0 heterocycles. The highest BCUT2D eigenvalue weighted by Gasteiger charge is 2.18. The average Bonchev–Trinajstić information content (AvgIpc) is 2.47. The van der Waals surface area contributed by atoms with Crippen molar-refractivity contribution in [3.63, 3.8) is 0 Å². The molecule has 0 aromatic heterocycles. The molecule has 0 aliphatic heterocycles. The summed E-state index contributed by atoms with van der Waals surface area (Å²) in [6.07, 6.45) is 0. The van der Waals surface area contributed by atoms with E-state index in [1.807, 2.05) is 0 Å². The molecule has 22 heavy (non-hydrogen) atoms. The molecule has 0 spiro atoms. The van der Waals surface area contributed by atoms with E-state index in [4.69, 9.17) is 11.6 Å². The third kappa shape index (κ3) is 3.59. The van der Waals surface area contributed by atoms with E-state index in [-0.39, 0.29) is 10.6 Å². The average molecular weight is 327 g/mol. The van der Waals surface area contributed by atoms with E-state index < -0.39 is 41.3 Å². The molecule has 0 saturated carbocycles. The Morgan fingerprint density at radius 1 is 1.09 bits per heavy atom. The molecule has 0 atom stereocenters. The molecule has 0 bridgehead atoms. The van der Waals surface area contributed by atoms with Gasteiger partial charge >= 0.3 is 5.97 Å². The van der Waals surface area contributed by atoms with Crippen molar-refractivity contribution < 1.29 is 28.2 Å². The molecule has 2 aromatic rings. The van der Waals surface area contributed by atoms with Crippen molar-refractivity contribution in [1.29, 1.82) is 0 Å². The summed E-state index contributed by atoms with van der Waals surface area (Å²) in [6.45, 7) is -0.790. The summed E-state index contributed by atoms with van der Waals surface area (Å²) in [5.74, 6) is -4.01. The molecule has 2 rings (SSSR count). The summed E-state index contributed by atoms with van der Waals surface area (Å²) in [7, 11) is 0. The number of ether oxygens (including phenoxy) is 1. The van der Waals surface area contributed by atoms with Gasteiger partial charge in [-0.3, -0.25) is 4.79 Å². The highest BCUT2D eigenvalue weighted by Crippen LogP contribution is 2.22. The molecule has 0 aliphatic rings. The minimum atomic E-state index is -0.987. The van der Waals surface area contributed by atoms with Crippen LogP contribution in [0.1, 0.15) is 20.7 Å². The van der Waals surface area contributed by atoms with E-state index in [1.54, 1.807) is 0 Å². The first-order chi connectivity index (χ1) is 10.4. The fourth-order valence-corrected chi connectivity index (χ4v) is 1.84. The summed E-state index contributed by atoms with van der Waals surface area (Å²) in [4.78, 5) is 23.4. The Hall–Kier alpha value is -2.47. The van der Waals surface area contributed by atoms with Gasteiger partial charge in [0.2, 0.25) is 5.78 Å². The second kappa shape index (κ2) is 6.53. The van der Waals surface area contributed by atoms with Gasteiger partial charge < -0.3 is 9.84 Å². The maximum absolute atomic E-state index is 13.4. The number of esters is 1. The van der Waals surface area contributed by atoms with Crippen molar-refractivity contribution in [2.75, 3.05) is 6.61 Å².